The van der Waals surface area contributed by atoms with Gasteiger partial charge in [-0.05, 0) is 38.2 Å². The van der Waals surface area contributed by atoms with Gasteiger partial charge < -0.3 is 35.7 Å². The molecule has 0 saturated carbocycles. The number of methoxy groups -OCH3 is 2. The van der Waals surface area contributed by atoms with E-state index in [2.05, 4.69) is 10.6 Å². The van der Waals surface area contributed by atoms with Gasteiger partial charge in [0.25, 0.3) is 5.91 Å². The highest BCUT2D eigenvalue weighted by molar-refractivity contribution is 6.23. The van der Waals surface area contributed by atoms with E-state index in [1.54, 1.807) is 39.0 Å². The fraction of sp³-hybridized carbons (Fsp3) is 0.533. The summed E-state index contributed by atoms with van der Waals surface area (Å²) in [5.74, 6) is -1.96. The lowest BCUT2D eigenvalue weighted by atomic mass is 9.85. The van der Waals surface area contributed by atoms with E-state index in [0.29, 0.717) is 12.0 Å². The average Bonchev–Trinajstić information content (AvgIpc) is 2.94. The summed E-state index contributed by atoms with van der Waals surface area (Å²) < 4.78 is 16.5. The van der Waals surface area contributed by atoms with Crippen molar-refractivity contribution in [3.63, 3.8) is 0 Å². The number of ketones is 2. The molecule has 0 radical (unpaired) electrons. The SMILES string of the molecule is CO[C@H]1C[C@@H](C)CC2=C(NCCCl)C(=O)C=C(NC(=O)/C(C)=C\C=C\[C@@H](OC)[C@@H](OC(N)=O)/C(C)=C\[C@@H](C)[C@H]1O)C2=O. The zero-order chi connectivity index (χ0) is 31.6. The molecule has 0 unspecified atom stereocenters. The number of hydrogen-bond donors (Lipinski definition) is 4. The molecular formula is C30H42ClN3O8. The minimum atomic E-state index is -1.00. The molecule has 11 nitrogen and oxygen atoms in total. The zero-order valence-corrected chi connectivity index (χ0v) is 25.7. The highest BCUT2D eigenvalue weighted by Gasteiger charge is 2.33. The number of fused-ring (bicyclic) bond motifs is 2. The molecule has 0 saturated heterocycles. The van der Waals surface area contributed by atoms with Crippen LogP contribution in [-0.4, -0.2) is 79.7 Å². The summed E-state index contributed by atoms with van der Waals surface area (Å²) in [5, 5.41) is 16.7. The van der Waals surface area contributed by atoms with E-state index in [4.69, 9.17) is 31.5 Å². The van der Waals surface area contributed by atoms with Gasteiger partial charge in [0.15, 0.2) is 6.10 Å². The van der Waals surface area contributed by atoms with E-state index < -0.39 is 53.9 Å². The van der Waals surface area contributed by atoms with Crippen LogP contribution in [0.15, 0.2) is 58.5 Å². The molecular weight excluding hydrogens is 566 g/mol. The Morgan fingerprint density at radius 2 is 1.88 bits per heavy atom. The zero-order valence-electron chi connectivity index (χ0n) is 24.9. The number of allylic oxidation sites excluding steroid dienone is 4. The van der Waals surface area contributed by atoms with Crippen LogP contribution in [0.5, 0.6) is 0 Å². The van der Waals surface area contributed by atoms with Crippen molar-refractivity contribution in [1.29, 1.82) is 0 Å². The predicted molar refractivity (Wildman–Crippen MR) is 158 cm³/mol. The first-order chi connectivity index (χ1) is 19.8. The molecule has 232 valence electrons. The Bertz CT molecular complexity index is 1190. The average molecular weight is 608 g/mol. The maximum Gasteiger partial charge on any atom is 0.405 e. The van der Waals surface area contributed by atoms with Crippen molar-refractivity contribution in [1.82, 2.24) is 10.6 Å². The standard InChI is InChI=1S/C30H42ClN3O8/c1-16-12-20-25(33-11-10-31)22(35)15-21(27(20)37)34-29(38)17(2)8-7-9-23(40-5)28(42-30(32)39)19(4)14-18(3)26(36)24(13-16)41-6/h7-9,14-16,18,23-24,26,28,33,36H,10-13H2,1-6H3,(H2,32,39)(H,34,38)/b9-7+,17-8-,19-14-/t16-,18+,23+,24-,26+,28-/m0/s1. The molecule has 6 atom stereocenters. The first-order valence-corrected chi connectivity index (χ1v) is 14.3. The van der Waals surface area contributed by atoms with Crippen molar-refractivity contribution in [3.05, 3.63) is 58.5 Å². The van der Waals surface area contributed by atoms with E-state index in [1.807, 2.05) is 6.92 Å². The Balaban J connectivity index is 2.61. The van der Waals surface area contributed by atoms with Crippen molar-refractivity contribution in [2.45, 2.75) is 65.0 Å². The molecule has 0 aromatic rings. The van der Waals surface area contributed by atoms with Gasteiger partial charge in [-0.3, -0.25) is 14.4 Å². The molecule has 0 fully saturated rings. The van der Waals surface area contributed by atoms with Crippen LogP contribution < -0.4 is 16.4 Å². The van der Waals surface area contributed by atoms with Crippen molar-refractivity contribution in [2.75, 3.05) is 26.6 Å². The molecule has 2 amide bonds. The van der Waals surface area contributed by atoms with Gasteiger partial charge in [0, 0.05) is 49.8 Å². The maximum atomic E-state index is 13.5. The molecule has 42 heavy (non-hydrogen) atoms. The number of ether oxygens (including phenoxy) is 3. The Morgan fingerprint density at radius 1 is 1.19 bits per heavy atom. The number of nitrogens with one attached hydrogen (secondary N) is 2. The predicted octanol–water partition coefficient (Wildman–Crippen LogP) is 2.59. The minimum Gasteiger partial charge on any atom is -0.439 e. The molecule has 12 heteroatoms. The van der Waals surface area contributed by atoms with E-state index in [0.717, 1.165) is 6.08 Å². The van der Waals surface area contributed by atoms with Crippen LogP contribution in [0, 0.1) is 11.8 Å². The van der Waals surface area contributed by atoms with Gasteiger partial charge in [-0.1, -0.05) is 38.2 Å². The molecule has 2 aliphatic rings. The fourth-order valence-electron chi connectivity index (χ4n) is 4.95. The largest absolute Gasteiger partial charge is 0.439 e. The van der Waals surface area contributed by atoms with Gasteiger partial charge in [-0.25, -0.2) is 4.79 Å². The van der Waals surface area contributed by atoms with E-state index in [1.165, 1.54) is 20.3 Å². The summed E-state index contributed by atoms with van der Waals surface area (Å²) in [6.45, 7) is 7.22. The second-order valence-corrected chi connectivity index (χ2v) is 10.9. The van der Waals surface area contributed by atoms with Crippen molar-refractivity contribution in [2.24, 2.45) is 17.6 Å². The summed E-state index contributed by atoms with van der Waals surface area (Å²) in [5.41, 5.74) is 6.38. The van der Waals surface area contributed by atoms with Crippen LogP contribution in [0.2, 0.25) is 0 Å². The van der Waals surface area contributed by atoms with Crippen LogP contribution in [0.4, 0.5) is 4.79 Å². The number of carbonyl (C=O) groups excluding carboxylic acids is 4. The molecule has 5 N–H and O–H groups in total. The Kier molecular flexibility index (Phi) is 13.6. The van der Waals surface area contributed by atoms with E-state index in [9.17, 15) is 24.3 Å². The second kappa shape index (κ2) is 16.4. The number of rotatable bonds is 6. The number of amides is 2. The van der Waals surface area contributed by atoms with Crippen LogP contribution >= 0.6 is 11.6 Å². The number of hydrogen-bond acceptors (Lipinski definition) is 9. The fourth-order valence-corrected chi connectivity index (χ4v) is 5.05. The number of aliphatic hydroxyl groups is 1. The Labute approximate surface area is 251 Å². The number of primary amides is 1. The summed E-state index contributed by atoms with van der Waals surface area (Å²) in [4.78, 5) is 51.3. The smallest absolute Gasteiger partial charge is 0.405 e. The lowest BCUT2D eigenvalue weighted by Gasteiger charge is -2.30. The van der Waals surface area contributed by atoms with Crippen molar-refractivity contribution in [3.8, 4) is 0 Å². The monoisotopic (exact) mass is 607 g/mol. The van der Waals surface area contributed by atoms with Crippen LogP contribution in [0.1, 0.15) is 40.5 Å². The number of aliphatic hydroxyl groups excluding tert-OH is 1. The van der Waals surface area contributed by atoms with E-state index in [-0.39, 0.29) is 47.3 Å². The lowest BCUT2D eigenvalue weighted by Crippen LogP contribution is -2.38. The van der Waals surface area contributed by atoms with Gasteiger partial charge in [0.05, 0.1) is 23.6 Å². The van der Waals surface area contributed by atoms with Crippen molar-refractivity contribution < 1.29 is 38.5 Å². The number of halogens is 1. The third kappa shape index (κ3) is 9.38. The maximum absolute atomic E-state index is 13.5. The topological polar surface area (TPSA) is 166 Å². The molecule has 2 rings (SSSR count). The minimum absolute atomic E-state index is 0.138. The number of carbonyl (C=O) groups is 4. The highest BCUT2D eigenvalue weighted by Crippen LogP contribution is 2.28. The van der Waals surface area contributed by atoms with Crippen LogP contribution in [0.25, 0.3) is 0 Å². The number of nitrogens with two attached hydrogens (primary N) is 1. The second-order valence-electron chi connectivity index (χ2n) is 10.5. The third-order valence-electron chi connectivity index (χ3n) is 7.19. The summed E-state index contributed by atoms with van der Waals surface area (Å²) in [6.07, 6.45) is 3.71. The van der Waals surface area contributed by atoms with Gasteiger partial charge in [-0.2, -0.15) is 0 Å². The third-order valence-corrected chi connectivity index (χ3v) is 7.38. The van der Waals surface area contributed by atoms with Gasteiger partial charge in [0.2, 0.25) is 11.6 Å². The van der Waals surface area contributed by atoms with Gasteiger partial charge in [0.1, 0.15) is 6.10 Å². The summed E-state index contributed by atoms with van der Waals surface area (Å²) in [7, 11) is 2.91. The van der Waals surface area contributed by atoms with Crippen molar-refractivity contribution >= 4 is 35.2 Å². The van der Waals surface area contributed by atoms with Gasteiger partial charge >= 0.3 is 6.09 Å². The molecule has 1 heterocycles. The lowest BCUT2D eigenvalue weighted by molar-refractivity contribution is -0.120. The van der Waals surface area contributed by atoms with Crippen LogP contribution in [-0.2, 0) is 28.6 Å². The molecule has 0 spiro atoms. The van der Waals surface area contributed by atoms with Crippen LogP contribution in [0.3, 0.4) is 0 Å². The number of Topliss-reactive ketones (excluding diaryl/α,β-unsaturated/α-hetero) is 1. The molecule has 1 aliphatic heterocycles. The number of alkyl halides is 1. The molecule has 2 bridgehead atoms. The first-order valence-electron chi connectivity index (χ1n) is 13.7. The molecule has 0 aromatic carbocycles. The van der Waals surface area contributed by atoms with Gasteiger partial charge in [-0.15, -0.1) is 11.6 Å². The first kappa shape index (κ1) is 34.9. The Hall–Kier alpha value is -3.25. The quantitative estimate of drug-likeness (QED) is 0.202. The highest BCUT2D eigenvalue weighted by atomic mass is 35.5. The molecule has 0 aromatic heterocycles. The normalized spacial score (nSPS) is 31.7. The summed E-state index contributed by atoms with van der Waals surface area (Å²) in [6, 6.07) is 0. The van der Waals surface area contributed by atoms with E-state index >= 15 is 0 Å². The molecule has 1 aliphatic carbocycles. The Morgan fingerprint density at radius 3 is 2.48 bits per heavy atom. The summed E-state index contributed by atoms with van der Waals surface area (Å²) >= 11 is 5.82.